The zero-order valence-corrected chi connectivity index (χ0v) is 11.7. The first-order valence-corrected chi connectivity index (χ1v) is 7.24. The van der Waals surface area contributed by atoms with Crippen LogP contribution in [-0.2, 0) is 9.59 Å². The predicted molar refractivity (Wildman–Crippen MR) is 72.1 cm³/mol. The number of likely N-dealkylation sites (tertiary alicyclic amines) is 1. The molecule has 0 aromatic heterocycles. The number of hydrogen-bond donors (Lipinski definition) is 1. The van der Waals surface area contributed by atoms with Gasteiger partial charge in [0, 0.05) is 32.0 Å². The van der Waals surface area contributed by atoms with E-state index in [-0.39, 0.29) is 17.7 Å². The zero-order chi connectivity index (χ0) is 13.4. The molecule has 0 bridgehead atoms. The molecule has 1 heterocycles. The number of rotatable bonds is 6. The van der Waals surface area contributed by atoms with Gasteiger partial charge in [-0.2, -0.15) is 0 Å². The van der Waals surface area contributed by atoms with Crippen LogP contribution >= 0.6 is 0 Å². The van der Waals surface area contributed by atoms with Gasteiger partial charge in [0.05, 0.1) is 0 Å². The Bertz CT molecular complexity index is 271. The average molecular weight is 254 g/mol. The highest BCUT2D eigenvalue weighted by Gasteiger charge is 2.26. The Balaban J connectivity index is 2.26. The number of carbonyl (C=O) groups is 2. The lowest BCUT2D eigenvalue weighted by molar-refractivity contribution is -0.135. The van der Waals surface area contributed by atoms with Crippen molar-refractivity contribution in [2.24, 2.45) is 5.92 Å². The number of nitrogens with zero attached hydrogens (tertiary/aromatic N) is 1. The SMILES string of the molecule is CCCCNC(=O)C1CCN(C(=O)CCC)CC1. The van der Waals surface area contributed by atoms with E-state index in [2.05, 4.69) is 12.2 Å². The molecule has 0 saturated carbocycles. The molecule has 1 aliphatic heterocycles. The standard InChI is InChI=1S/C14H26N2O2/c1-3-5-9-15-14(18)12-7-10-16(11-8-12)13(17)6-4-2/h12H,3-11H2,1-2H3,(H,15,18). The van der Waals surface area contributed by atoms with Gasteiger partial charge in [-0.15, -0.1) is 0 Å². The highest BCUT2D eigenvalue weighted by Crippen LogP contribution is 2.18. The van der Waals surface area contributed by atoms with Gasteiger partial charge in [0.1, 0.15) is 0 Å². The maximum Gasteiger partial charge on any atom is 0.223 e. The average Bonchev–Trinajstić information content (AvgIpc) is 2.39. The maximum absolute atomic E-state index is 11.9. The van der Waals surface area contributed by atoms with Crippen molar-refractivity contribution >= 4 is 11.8 Å². The zero-order valence-electron chi connectivity index (χ0n) is 11.7. The molecule has 0 spiro atoms. The van der Waals surface area contributed by atoms with E-state index in [1.54, 1.807) is 0 Å². The molecule has 0 aliphatic carbocycles. The molecule has 1 saturated heterocycles. The van der Waals surface area contributed by atoms with Gasteiger partial charge in [-0.05, 0) is 25.7 Å². The molecule has 1 aliphatic rings. The second kappa shape index (κ2) is 8.11. The fraction of sp³-hybridized carbons (Fsp3) is 0.857. The molecular weight excluding hydrogens is 228 g/mol. The topological polar surface area (TPSA) is 49.4 Å². The van der Waals surface area contributed by atoms with E-state index in [1.807, 2.05) is 11.8 Å². The van der Waals surface area contributed by atoms with Crippen LogP contribution in [0.2, 0.25) is 0 Å². The lowest BCUT2D eigenvalue weighted by Crippen LogP contribution is -2.43. The second-order valence-electron chi connectivity index (χ2n) is 5.05. The van der Waals surface area contributed by atoms with E-state index in [1.165, 1.54) is 0 Å². The number of amides is 2. The third-order valence-corrected chi connectivity index (χ3v) is 3.51. The number of hydrogen-bond acceptors (Lipinski definition) is 2. The van der Waals surface area contributed by atoms with Crippen molar-refractivity contribution in [2.75, 3.05) is 19.6 Å². The summed E-state index contributed by atoms with van der Waals surface area (Å²) in [5.74, 6) is 0.515. The predicted octanol–water partition coefficient (Wildman–Crippen LogP) is 1.94. The number of carbonyl (C=O) groups excluding carboxylic acids is 2. The van der Waals surface area contributed by atoms with Crippen LogP contribution in [0.3, 0.4) is 0 Å². The van der Waals surface area contributed by atoms with Gasteiger partial charge < -0.3 is 10.2 Å². The van der Waals surface area contributed by atoms with E-state index in [9.17, 15) is 9.59 Å². The highest BCUT2D eigenvalue weighted by molar-refractivity contribution is 5.80. The second-order valence-corrected chi connectivity index (χ2v) is 5.05. The largest absolute Gasteiger partial charge is 0.356 e. The smallest absolute Gasteiger partial charge is 0.223 e. The quantitative estimate of drug-likeness (QED) is 0.736. The summed E-state index contributed by atoms with van der Waals surface area (Å²) in [7, 11) is 0. The summed E-state index contributed by atoms with van der Waals surface area (Å²) in [6, 6.07) is 0. The summed E-state index contributed by atoms with van der Waals surface area (Å²) in [5, 5.41) is 2.98. The van der Waals surface area contributed by atoms with Crippen molar-refractivity contribution in [3.05, 3.63) is 0 Å². The number of piperidine rings is 1. The number of unbranched alkanes of at least 4 members (excludes halogenated alkanes) is 1. The van der Waals surface area contributed by atoms with Gasteiger partial charge in [-0.25, -0.2) is 0 Å². The molecule has 0 aromatic carbocycles. The highest BCUT2D eigenvalue weighted by atomic mass is 16.2. The van der Waals surface area contributed by atoms with Gasteiger partial charge >= 0.3 is 0 Å². The van der Waals surface area contributed by atoms with Crippen LogP contribution in [0.4, 0.5) is 0 Å². The molecule has 104 valence electrons. The van der Waals surface area contributed by atoms with Crippen LogP contribution in [-0.4, -0.2) is 36.3 Å². The molecule has 1 fully saturated rings. The third kappa shape index (κ3) is 4.67. The molecule has 4 heteroatoms. The lowest BCUT2D eigenvalue weighted by atomic mass is 9.95. The maximum atomic E-state index is 11.9. The van der Waals surface area contributed by atoms with Gasteiger partial charge in [-0.3, -0.25) is 9.59 Å². The Morgan fingerprint density at radius 1 is 1.17 bits per heavy atom. The van der Waals surface area contributed by atoms with E-state index < -0.39 is 0 Å². The Labute approximate surface area is 110 Å². The van der Waals surface area contributed by atoms with Crippen LogP contribution in [0.15, 0.2) is 0 Å². The first-order chi connectivity index (χ1) is 8.69. The summed E-state index contributed by atoms with van der Waals surface area (Å²) in [5.41, 5.74) is 0. The first-order valence-electron chi connectivity index (χ1n) is 7.24. The van der Waals surface area contributed by atoms with Gasteiger partial charge in [-0.1, -0.05) is 20.3 Å². The lowest BCUT2D eigenvalue weighted by Gasteiger charge is -2.31. The summed E-state index contributed by atoms with van der Waals surface area (Å²) >= 11 is 0. The van der Waals surface area contributed by atoms with E-state index in [0.29, 0.717) is 6.42 Å². The van der Waals surface area contributed by atoms with E-state index in [0.717, 1.165) is 51.7 Å². The van der Waals surface area contributed by atoms with Crippen molar-refractivity contribution in [3.8, 4) is 0 Å². The summed E-state index contributed by atoms with van der Waals surface area (Å²) in [6.45, 7) is 6.40. The molecule has 0 aromatic rings. The van der Waals surface area contributed by atoms with Crippen molar-refractivity contribution in [1.82, 2.24) is 10.2 Å². The summed E-state index contributed by atoms with van der Waals surface area (Å²) in [6.07, 6.45) is 5.30. The Morgan fingerprint density at radius 2 is 1.83 bits per heavy atom. The van der Waals surface area contributed by atoms with Crippen LogP contribution < -0.4 is 5.32 Å². The summed E-state index contributed by atoms with van der Waals surface area (Å²) in [4.78, 5) is 25.5. The molecule has 0 atom stereocenters. The fourth-order valence-corrected chi connectivity index (χ4v) is 2.30. The summed E-state index contributed by atoms with van der Waals surface area (Å²) < 4.78 is 0. The van der Waals surface area contributed by atoms with Gasteiger partial charge in [0.25, 0.3) is 0 Å². The van der Waals surface area contributed by atoms with Crippen molar-refractivity contribution in [1.29, 1.82) is 0 Å². The minimum absolute atomic E-state index is 0.104. The van der Waals surface area contributed by atoms with E-state index >= 15 is 0 Å². The minimum atomic E-state index is 0.104. The molecular formula is C14H26N2O2. The molecule has 18 heavy (non-hydrogen) atoms. The monoisotopic (exact) mass is 254 g/mol. The van der Waals surface area contributed by atoms with Crippen molar-refractivity contribution in [2.45, 2.75) is 52.4 Å². The molecule has 1 N–H and O–H groups in total. The molecule has 1 rings (SSSR count). The number of nitrogens with one attached hydrogen (secondary N) is 1. The van der Waals surface area contributed by atoms with Crippen molar-refractivity contribution < 1.29 is 9.59 Å². The molecule has 0 radical (unpaired) electrons. The normalized spacial score (nSPS) is 16.7. The van der Waals surface area contributed by atoms with Crippen LogP contribution in [0.1, 0.15) is 52.4 Å². The first kappa shape index (κ1) is 15.0. The van der Waals surface area contributed by atoms with Crippen LogP contribution in [0.25, 0.3) is 0 Å². The Kier molecular flexibility index (Phi) is 6.76. The minimum Gasteiger partial charge on any atom is -0.356 e. The molecule has 2 amide bonds. The molecule has 4 nitrogen and oxygen atoms in total. The third-order valence-electron chi connectivity index (χ3n) is 3.51. The van der Waals surface area contributed by atoms with Crippen molar-refractivity contribution in [3.63, 3.8) is 0 Å². The van der Waals surface area contributed by atoms with Gasteiger partial charge in [0.2, 0.25) is 11.8 Å². The fourth-order valence-electron chi connectivity index (χ4n) is 2.30. The van der Waals surface area contributed by atoms with Gasteiger partial charge in [0.15, 0.2) is 0 Å². The Hall–Kier alpha value is -1.06. The van der Waals surface area contributed by atoms with E-state index in [4.69, 9.17) is 0 Å². The van der Waals surface area contributed by atoms with Crippen LogP contribution in [0.5, 0.6) is 0 Å². The van der Waals surface area contributed by atoms with Crippen LogP contribution in [0, 0.1) is 5.92 Å². The Morgan fingerprint density at radius 3 is 2.39 bits per heavy atom. The molecule has 0 unspecified atom stereocenters.